The van der Waals surface area contributed by atoms with Gasteiger partial charge in [-0.1, -0.05) is 0 Å². The SMILES string of the molecule is Cc1cc(N(C)CCN(C)C)nc2[nH]cc(C(=O)O)c(=O)c12. The maximum Gasteiger partial charge on any atom is 0.341 e. The van der Waals surface area contributed by atoms with E-state index < -0.39 is 11.4 Å². The summed E-state index contributed by atoms with van der Waals surface area (Å²) in [7, 11) is 5.93. The molecule has 0 saturated carbocycles. The van der Waals surface area contributed by atoms with Crippen LogP contribution in [0.2, 0.25) is 0 Å². The van der Waals surface area contributed by atoms with Crippen LogP contribution < -0.4 is 10.3 Å². The van der Waals surface area contributed by atoms with Crippen LogP contribution in [0.3, 0.4) is 0 Å². The van der Waals surface area contributed by atoms with Crippen molar-refractivity contribution < 1.29 is 9.90 Å². The number of nitrogens with zero attached hydrogens (tertiary/aromatic N) is 3. The Kier molecular flexibility index (Phi) is 4.46. The van der Waals surface area contributed by atoms with Crippen molar-refractivity contribution in [3.63, 3.8) is 0 Å². The van der Waals surface area contributed by atoms with Crippen LogP contribution in [0.25, 0.3) is 11.0 Å². The summed E-state index contributed by atoms with van der Waals surface area (Å²) in [5, 5.41) is 9.35. The zero-order valence-electron chi connectivity index (χ0n) is 13.2. The average Bonchev–Trinajstić information content (AvgIpc) is 2.43. The van der Waals surface area contributed by atoms with E-state index in [4.69, 9.17) is 5.11 Å². The van der Waals surface area contributed by atoms with Gasteiger partial charge in [-0.15, -0.1) is 0 Å². The van der Waals surface area contributed by atoms with Gasteiger partial charge >= 0.3 is 5.97 Å². The molecule has 0 aliphatic rings. The van der Waals surface area contributed by atoms with E-state index in [9.17, 15) is 9.59 Å². The Morgan fingerprint density at radius 1 is 1.32 bits per heavy atom. The van der Waals surface area contributed by atoms with Gasteiger partial charge in [-0.3, -0.25) is 4.79 Å². The van der Waals surface area contributed by atoms with E-state index in [0.717, 1.165) is 18.9 Å². The Labute approximate surface area is 128 Å². The number of hydrogen-bond donors (Lipinski definition) is 2. The highest BCUT2D eigenvalue weighted by atomic mass is 16.4. The van der Waals surface area contributed by atoms with Crippen molar-refractivity contribution in [2.24, 2.45) is 0 Å². The Hall–Kier alpha value is -2.41. The minimum atomic E-state index is -1.24. The highest BCUT2D eigenvalue weighted by molar-refractivity contribution is 5.92. The van der Waals surface area contributed by atoms with Gasteiger partial charge in [0.15, 0.2) is 0 Å². The third-order valence-corrected chi connectivity index (χ3v) is 3.53. The number of hydrogen-bond acceptors (Lipinski definition) is 5. The molecule has 7 nitrogen and oxygen atoms in total. The summed E-state index contributed by atoms with van der Waals surface area (Å²) in [6.45, 7) is 3.46. The van der Waals surface area contributed by atoms with Gasteiger partial charge in [-0.25, -0.2) is 9.78 Å². The number of aromatic carboxylic acids is 1. The minimum absolute atomic E-state index is 0.272. The van der Waals surface area contributed by atoms with Gasteiger partial charge in [0.25, 0.3) is 0 Å². The van der Waals surface area contributed by atoms with E-state index in [2.05, 4.69) is 14.9 Å². The molecule has 0 aliphatic heterocycles. The second-order valence-electron chi connectivity index (χ2n) is 5.58. The van der Waals surface area contributed by atoms with Gasteiger partial charge in [0.1, 0.15) is 17.0 Å². The molecule has 0 aliphatic carbocycles. The standard InChI is InChI=1S/C15H20N4O3/c1-9-7-11(19(4)6-5-18(2)3)17-14-12(9)13(20)10(8-16-14)15(21)22/h7-8H,5-6H2,1-4H3,(H,21,22)(H,16,17,20). The highest BCUT2D eigenvalue weighted by Crippen LogP contribution is 2.18. The number of nitrogens with one attached hydrogen (secondary N) is 1. The summed E-state index contributed by atoms with van der Waals surface area (Å²) >= 11 is 0. The Balaban J connectivity index is 2.49. The Bertz CT molecular complexity index is 767. The fourth-order valence-electron chi connectivity index (χ4n) is 2.21. The number of carboxylic acids is 1. The number of carboxylic acid groups (broad SMARTS) is 1. The molecule has 22 heavy (non-hydrogen) atoms. The highest BCUT2D eigenvalue weighted by Gasteiger charge is 2.15. The first-order valence-electron chi connectivity index (χ1n) is 6.93. The predicted octanol–water partition coefficient (Wildman–Crippen LogP) is 0.928. The molecule has 0 atom stereocenters. The molecule has 0 aromatic carbocycles. The molecule has 0 amide bonds. The molecule has 0 radical (unpaired) electrons. The summed E-state index contributed by atoms with van der Waals surface area (Å²) < 4.78 is 0. The first kappa shape index (κ1) is 16.0. The van der Waals surface area contributed by atoms with E-state index in [1.54, 1.807) is 13.0 Å². The van der Waals surface area contributed by atoms with Crippen molar-refractivity contribution in [1.82, 2.24) is 14.9 Å². The van der Waals surface area contributed by atoms with Crippen molar-refractivity contribution in [2.45, 2.75) is 6.92 Å². The zero-order valence-corrected chi connectivity index (χ0v) is 13.2. The number of aromatic nitrogens is 2. The van der Waals surface area contributed by atoms with E-state index in [1.165, 1.54) is 6.20 Å². The van der Waals surface area contributed by atoms with E-state index in [0.29, 0.717) is 16.6 Å². The Morgan fingerprint density at radius 3 is 2.59 bits per heavy atom. The van der Waals surface area contributed by atoms with Crippen molar-refractivity contribution in [3.8, 4) is 0 Å². The first-order valence-corrected chi connectivity index (χ1v) is 6.93. The van der Waals surface area contributed by atoms with E-state index in [1.807, 2.05) is 26.0 Å². The molecule has 0 bridgehead atoms. The number of anilines is 1. The van der Waals surface area contributed by atoms with Crippen LogP contribution in [-0.2, 0) is 0 Å². The summed E-state index contributed by atoms with van der Waals surface area (Å²) in [5.74, 6) is -0.500. The number of likely N-dealkylation sites (N-methyl/N-ethyl adjacent to an activating group) is 2. The first-order chi connectivity index (χ1) is 10.3. The average molecular weight is 304 g/mol. The summed E-state index contributed by atoms with van der Waals surface area (Å²) in [4.78, 5) is 34.6. The lowest BCUT2D eigenvalue weighted by Gasteiger charge is -2.21. The van der Waals surface area contributed by atoms with Crippen LogP contribution in [0.4, 0.5) is 5.82 Å². The molecule has 0 fully saturated rings. The molecular weight excluding hydrogens is 284 g/mol. The molecule has 0 spiro atoms. The molecule has 7 heteroatoms. The topological polar surface area (TPSA) is 89.5 Å². The summed E-state index contributed by atoms with van der Waals surface area (Å²) in [6.07, 6.45) is 1.20. The van der Waals surface area contributed by atoms with Crippen molar-refractivity contribution >= 4 is 22.8 Å². The monoisotopic (exact) mass is 304 g/mol. The van der Waals surface area contributed by atoms with Crippen molar-refractivity contribution in [2.75, 3.05) is 39.1 Å². The number of rotatable bonds is 5. The normalized spacial score (nSPS) is 11.1. The fourth-order valence-corrected chi connectivity index (χ4v) is 2.21. The number of fused-ring (bicyclic) bond motifs is 1. The number of carbonyl (C=O) groups is 1. The third-order valence-electron chi connectivity index (χ3n) is 3.53. The second kappa shape index (κ2) is 6.15. The molecule has 118 valence electrons. The van der Waals surface area contributed by atoms with Crippen LogP contribution in [0.5, 0.6) is 0 Å². The van der Waals surface area contributed by atoms with Crippen LogP contribution in [0.1, 0.15) is 15.9 Å². The number of pyridine rings is 2. The lowest BCUT2D eigenvalue weighted by molar-refractivity contribution is 0.0695. The van der Waals surface area contributed by atoms with Gasteiger partial charge in [0.2, 0.25) is 5.43 Å². The van der Waals surface area contributed by atoms with Gasteiger partial charge in [0, 0.05) is 26.3 Å². The van der Waals surface area contributed by atoms with Crippen LogP contribution in [-0.4, -0.2) is 60.2 Å². The number of aryl methyl sites for hydroxylation is 1. The number of aromatic amines is 1. The number of H-pyrrole nitrogens is 1. The largest absolute Gasteiger partial charge is 0.477 e. The predicted molar refractivity (Wildman–Crippen MR) is 85.9 cm³/mol. The van der Waals surface area contributed by atoms with Gasteiger partial charge in [-0.05, 0) is 32.6 Å². The van der Waals surface area contributed by atoms with Crippen molar-refractivity contribution in [1.29, 1.82) is 0 Å². The summed E-state index contributed by atoms with van der Waals surface area (Å²) in [5.41, 5.74) is 0.336. The van der Waals surface area contributed by atoms with Crippen LogP contribution >= 0.6 is 0 Å². The third kappa shape index (κ3) is 3.09. The second-order valence-corrected chi connectivity index (χ2v) is 5.58. The quantitative estimate of drug-likeness (QED) is 0.854. The maximum atomic E-state index is 12.2. The smallest absolute Gasteiger partial charge is 0.341 e. The lowest BCUT2D eigenvalue weighted by Crippen LogP contribution is -2.29. The molecule has 2 aromatic rings. The maximum absolute atomic E-state index is 12.2. The van der Waals surface area contributed by atoms with Crippen molar-refractivity contribution in [3.05, 3.63) is 33.6 Å². The minimum Gasteiger partial charge on any atom is -0.477 e. The van der Waals surface area contributed by atoms with Crippen LogP contribution in [0, 0.1) is 6.92 Å². The molecule has 2 N–H and O–H groups in total. The van der Waals surface area contributed by atoms with Gasteiger partial charge in [0.05, 0.1) is 5.39 Å². The molecular formula is C15H20N4O3. The van der Waals surface area contributed by atoms with Gasteiger partial charge in [-0.2, -0.15) is 0 Å². The zero-order chi connectivity index (χ0) is 16.4. The lowest BCUT2D eigenvalue weighted by atomic mass is 10.1. The van der Waals surface area contributed by atoms with Gasteiger partial charge < -0.3 is 19.9 Å². The van der Waals surface area contributed by atoms with E-state index in [-0.39, 0.29) is 5.56 Å². The van der Waals surface area contributed by atoms with E-state index >= 15 is 0 Å². The molecule has 2 heterocycles. The summed E-state index contributed by atoms with van der Waals surface area (Å²) in [6, 6.07) is 1.80. The molecule has 2 aromatic heterocycles. The molecule has 2 rings (SSSR count). The Morgan fingerprint density at radius 2 is 2.00 bits per heavy atom. The molecule has 0 saturated heterocycles. The fraction of sp³-hybridized carbons (Fsp3) is 0.400. The van der Waals surface area contributed by atoms with Crippen LogP contribution in [0.15, 0.2) is 17.1 Å². The molecule has 0 unspecified atom stereocenters.